The average Bonchev–Trinajstić information content (AvgIpc) is 3.40. The van der Waals surface area contributed by atoms with Crippen molar-refractivity contribution in [2.75, 3.05) is 26.2 Å². The zero-order valence-corrected chi connectivity index (χ0v) is 16.2. The van der Waals surface area contributed by atoms with Crippen LogP contribution in [0, 0.1) is 6.92 Å². The van der Waals surface area contributed by atoms with Gasteiger partial charge in [-0.2, -0.15) is 0 Å². The predicted molar refractivity (Wildman–Crippen MR) is 105 cm³/mol. The molecule has 1 N–H and O–H groups in total. The first-order valence-electron chi connectivity index (χ1n) is 9.27. The van der Waals surface area contributed by atoms with Crippen LogP contribution in [0.25, 0.3) is 11.1 Å². The molecule has 6 nitrogen and oxygen atoms in total. The normalized spacial score (nSPS) is 14.9. The molecule has 0 saturated carbocycles. The summed E-state index contributed by atoms with van der Waals surface area (Å²) in [6.07, 6.45) is 2.51. The number of oxazole rings is 1. The Kier molecular flexibility index (Phi) is 5.50. The fourth-order valence-electron chi connectivity index (χ4n) is 3.21. The molecule has 3 heterocycles. The Bertz CT molecular complexity index is 928. The summed E-state index contributed by atoms with van der Waals surface area (Å²) in [7, 11) is 0. The standard InChI is InChI=1S/C20H23N3O3S/c1-14-4-6-17-16(12-14)22-20(26-17)27-13-15-5-7-18(25-15)19(24)21-8-11-23-9-2-3-10-23/h4-7,12H,2-3,8-11,13H2,1H3,(H,21,24). The van der Waals surface area contributed by atoms with E-state index in [0.717, 1.165) is 42.1 Å². The average molecular weight is 385 g/mol. The van der Waals surface area contributed by atoms with Gasteiger partial charge >= 0.3 is 0 Å². The SMILES string of the molecule is Cc1ccc2oc(SCc3ccc(C(=O)NCCN4CCCC4)o3)nc2c1. The number of nitrogens with one attached hydrogen (secondary N) is 1. The van der Waals surface area contributed by atoms with Gasteiger partial charge in [-0.25, -0.2) is 4.98 Å². The molecule has 0 bridgehead atoms. The number of hydrogen-bond donors (Lipinski definition) is 1. The monoisotopic (exact) mass is 385 g/mol. The summed E-state index contributed by atoms with van der Waals surface area (Å²) in [4.78, 5) is 19.0. The smallest absolute Gasteiger partial charge is 0.287 e. The molecule has 2 aromatic heterocycles. The third-order valence-electron chi connectivity index (χ3n) is 4.66. The van der Waals surface area contributed by atoms with Gasteiger partial charge in [0.25, 0.3) is 11.1 Å². The molecule has 1 aliphatic heterocycles. The lowest BCUT2D eigenvalue weighted by atomic mass is 10.2. The van der Waals surface area contributed by atoms with Gasteiger partial charge in [0.1, 0.15) is 11.3 Å². The van der Waals surface area contributed by atoms with Crippen molar-refractivity contribution in [2.24, 2.45) is 0 Å². The largest absolute Gasteiger partial charge is 0.455 e. The van der Waals surface area contributed by atoms with Gasteiger partial charge in [0.15, 0.2) is 11.3 Å². The Morgan fingerprint density at radius 3 is 2.93 bits per heavy atom. The summed E-state index contributed by atoms with van der Waals surface area (Å²) in [5.74, 6) is 1.47. The van der Waals surface area contributed by atoms with E-state index in [9.17, 15) is 4.79 Å². The second kappa shape index (κ2) is 8.19. The lowest BCUT2D eigenvalue weighted by molar-refractivity contribution is 0.0920. The van der Waals surface area contributed by atoms with Gasteiger partial charge in [-0.05, 0) is 62.7 Å². The number of fused-ring (bicyclic) bond motifs is 1. The van der Waals surface area contributed by atoms with E-state index in [2.05, 4.69) is 15.2 Å². The summed E-state index contributed by atoms with van der Waals surface area (Å²) in [5.41, 5.74) is 2.79. The summed E-state index contributed by atoms with van der Waals surface area (Å²) >= 11 is 1.45. The van der Waals surface area contributed by atoms with Crippen molar-refractivity contribution in [3.8, 4) is 0 Å². The Morgan fingerprint density at radius 1 is 1.22 bits per heavy atom. The number of carbonyl (C=O) groups excluding carboxylic acids is 1. The molecule has 4 rings (SSSR count). The maximum absolute atomic E-state index is 12.2. The molecule has 142 valence electrons. The van der Waals surface area contributed by atoms with Crippen LogP contribution in [0.1, 0.15) is 34.7 Å². The maximum Gasteiger partial charge on any atom is 0.287 e. The van der Waals surface area contributed by atoms with Crippen LogP contribution in [0.4, 0.5) is 0 Å². The van der Waals surface area contributed by atoms with Crippen molar-refractivity contribution >= 4 is 28.8 Å². The molecule has 1 saturated heterocycles. The van der Waals surface area contributed by atoms with E-state index in [1.807, 2.05) is 31.2 Å². The van der Waals surface area contributed by atoms with Crippen LogP contribution in [-0.2, 0) is 5.75 Å². The minimum absolute atomic E-state index is 0.164. The third kappa shape index (κ3) is 4.54. The first-order valence-corrected chi connectivity index (χ1v) is 10.3. The highest BCUT2D eigenvalue weighted by Gasteiger charge is 2.14. The van der Waals surface area contributed by atoms with Gasteiger partial charge in [-0.15, -0.1) is 0 Å². The Morgan fingerprint density at radius 2 is 2.07 bits per heavy atom. The third-order valence-corrected chi connectivity index (χ3v) is 5.51. The number of hydrogen-bond acceptors (Lipinski definition) is 6. The zero-order chi connectivity index (χ0) is 18.6. The summed E-state index contributed by atoms with van der Waals surface area (Å²) in [6.45, 7) is 5.83. The molecular formula is C20H23N3O3S. The van der Waals surface area contributed by atoms with Gasteiger partial charge in [0, 0.05) is 13.1 Å². The van der Waals surface area contributed by atoms with E-state index in [1.54, 1.807) is 6.07 Å². The van der Waals surface area contributed by atoms with Crippen molar-refractivity contribution in [1.29, 1.82) is 0 Å². The molecule has 0 aliphatic carbocycles. The van der Waals surface area contributed by atoms with Gasteiger partial charge < -0.3 is 19.1 Å². The molecule has 7 heteroatoms. The molecule has 0 radical (unpaired) electrons. The van der Waals surface area contributed by atoms with Crippen LogP contribution in [0.2, 0.25) is 0 Å². The van der Waals surface area contributed by atoms with Crippen molar-refractivity contribution in [3.05, 3.63) is 47.4 Å². The molecule has 0 unspecified atom stereocenters. The predicted octanol–water partition coefficient (Wildman–Crippen LogP) is 3.85. The molecule has 1 aromatic carbocycles. The van der Waals surface area contributed by atoms with E-state index in [1.165, 1.54) is 24.6 Å². The highest BCUT2D eigenvalue weighted by Crippen LogP contribution is 2.27. The second-order valence-electron chi connectivity index (χ2n) is 6.81. The van der Waals surface area contributed by atoms with E-state index in [4.69, 9.17) is 8.83 Å². The molecular weight excluding hydrogens is 362 g/mol. The molecule has 0 atom stereocenters. The van der Waals surface area contributed by atoms with Crippen LogP contribution < -0.4 is 5.32 Å². The van der Waals surface area contributed by atoms with Crippen LogP contribution in [0.5, 0.6) is 0 Å². The van der Waals surface area contributed by atoms with Crippen LogP contribution in [-0.4, -0.2) is 42.0 Å². The fourth-order valence-corrected chi connectivity index (χ4v) is 3.94. The Balaban J connectivity index is 1.28. The highest BCUT2D eigenvalue weighted by molar-refractivity contribution is 7.98. The van der Waals surface area contributed by atoms with Crippen molar-refractivity contribution in [2.45, 2.75) is 30.7 Å². The fraction of sp³-hybridized carbons (Fsp3) is 0.400. The number of carbonyl (C=O) groups is 1. The molecule has 1 aliphatic rings. The quantitative estimate of drug-likeness (QED) is 0.623. The minimum Gasteiger partial charge on any atom is -0.455 e. The summed E-state index contributed by atoms with van der Waals surface area (Å²) in [5, 5.41) is 3.52. The van der Waals surface area contributed by atoms with E-state index >= 15 is 0 Å². The lowest BCUT2D eigenvalue weighted by Crippen LogP contribution is -2.33. The number of aromatic nitrogens is 1. The summed E-state index contributed by atoms with van der Waals surface area (Å²) < 4.78 is 11.4. The number of thioether (sulfide) groups is 1. The van der Waals surface area contributed by atoms with Crippen molar-refractivity contribution in [3.63, 3.8) is 0 Å². The molecule has 0 spiro atoms. The number of likely N-dealkylation sites (tertiary alicyclic amines) is 1. The molecule has 3 aromatic rings. The minimum atomic E-state index is -0.164. The topological polar surface area (TPSA) is 71.5 Å². The van der Waals surface area contributed by atoms with E-state index < -0.39 is 0 Å². The number of amides is 1. The van der Waals surface area contributed by atoms with Crippen LogP contribution >= 0.6 is 11.8 Å². The van der Waals surface area contributed by atoms with Gasteiger partial charge in [0.05, 0.1) is 5.75 Å². The van der Waals surface area contributed by atoms with Gasteiger partial charge in [-0.3, -0.25) is 4.79 Å². The second-order valence-corrected chi connectivity index (χ2v) is 7.74. The lowest BCUT2D eigenvalue weighted by Gasteiger charge is -2.14. The van der Waals surface area contributed by atoms with E-state index in [0.29, 0.717) is 23.3 Å². The number of benzene rings is 1. The number of nitrogens with zero attached hydrogens (tertiary/aromatic N) is 2. The summed E-state index contributed by atoms with van der Waals surface area (Å²) in [6, 6.07) is 9.48. The first kappa shape index (κ1) is 18.1. The van der Waals surface area contributed by atoms with Crippen molar-refractivity contribution in [1.82, 2.24) is 15.2 Å². The zero-order valence-electron chi connectivity index (χ0n) is 15.4. The van der Waals surface area contributed by atoms with Crippen LogP contribution in [0.3, 0.4) is 0 Å². The molecule has 27 heavy (non-hydrogen) atoms. The van der Waals surface area contributed by atoms with Gasteiger partial charge in [0.2, 0.25) is 0 Å². The van der Waals surface area contributed by atoms with Crippen LogP contribution in [0.15, 0.2) is 44.4 Å². The molecule has 1 fully saturated rings. The first-order chi connectivity index (χ1) is 13.2. The maximum atomic E-state index is 12.2. The van der Waals surface area contributed by atoms with Crippen molar-refractivity contribution < 1.29 is 13.6 Å². The number of furan rings is 1. The number of aryl methyl sites for hydroxylation is 1. The van der Waals surface area contributed by atoms with Gasteiger partial charge in [-0.1, -0.05) is 17.8 Å². The Hall–Kier alpha value is -2.25. The number of rotatable bonds is 7. The highest BCUT2D eigenvalue weighted by atomic mass is 32.2. The molecule has 1 amide bonds. The van der Waals surface area contributed by atoms with E-state index in [-0.39, 0.29) is 5.91 Å². The Labute approximate surface area is 162 Å².